The number of ether oxygens (including phenoxy) is 2. The molecule has 0 spiro atoms. The van der Waals surface area contributed by atoms with Crippen molar-refractivity contribution >= 4 is 33.3 Å². The Morgan fingerprint density at radius 3 is 2.73 bits per heavy atom. The van der Waals surface area contributed by atoms with Gasteiger partial charge in [-0.2, -0.15) is 5.26 Å². The van der Waals surface area contributed by atoms with E-state index in [0.717, 1.165) is 29.7 Å². The largest absolute Gasteiger partial charge is 0.493 e. The molecule has 33 heavy (non-hydrogen) atoms. The lowest BCUT2D eigenvalue weighted by molar-refractivity contribution is -0.116. The first-order chi connectivity index (χ1) is 15.9. The fraction of sp³-hybridized carbons (Fsp3) is 0.280. The summed E-state index contributed by atoms with van der Waals surface area (Å²) in [5.41, 5.74) is 9.77. The summed E-state index contributed by atoms with van der Waals surface area (Å²) in [6.45, 7) is 0.264. The maximum atomic E-state index is 13.0. The number of methoxy groups -OCH3 is 1. The molecule has 1 atom stereocenters. The second-order valence-corrected chi connectivity index (χ2v) is 9.21. The lowest BCUT2D eigenvalue weighted by atomic mass is 9.76. The number of nitriles is 1. The number of rotatable bonds is 5. The molecule has 2 aromatic rings. The van der Waals surface area contributed by atoms with E-state index in [4.69, 9.17) is 26.8 Å². The van der Waals surface area contributed by atoms with E-state index in [0.29, 0.717) is 44.4 Å². The van der Waals surface area contributed by atoms with E-state index in [1.165, 1.54) is 0 Å². The maximum absolute atomic E-state index is 13.0. The number of ketones is 1. The molecular weight excluding hydrogens is 506 g/mol. The van der Waals surface area contributed by atoms with Gasteiger partial charge in [-0.1, -0.05) is 45.7 Å². The van der Waals surface area contributed by atoms with Crippen molar-refractivity contribution < 1.29 is 14.3 Å². The first-order valence-electron chi connectivity index (χ1n) is 10.5. The van der Waals surface area contributed by atoms with E-state index >= 15 is 0 Å². The number of nitrogens with zero attached hydrogens (tertiary/aromatic N) is 2. The van der Waals surface area contributed by atoms with Gasteiger partial charge in [-0.25, -0.2) is 0 Å². The summed E-state index contributed by atoms with van der Waals surface area (Å²) >= 11 is 9.88. The Balaban J connectivity index is 1.78. The van der Waals surface area contributed by atoms with Crippen LogP contribution < -0.4 is 15.2 Å². The maximum Gasteiger partial charge on any atom is 0.162 e. The second kappa shape index (κ2) is 9.50. The monoisotopic (exact) mass is 527 g/mol. The van der Waals surface area contributed by atoms with E-state index in [1.807, 2.05) is 24.3 Å². The molecule has 8 heteroatoms. The van der Waals surface area contributed by atoms with Crippen molar-refractivity contribution in [2.24, 2.45) is 5.73 Å². The zero-order chi connectivity index (χ0) is 23.7. The number of benzene rings is 2. The van der Waals surface area contributed by atoms with Gasteiger partial charge in [-0.15, -0.1) is 0 Å². The van der Waals surface area contributed by atoms with Crippen LogP contribution in [0, 0.1) is 11.3 Å². The Labute approximate surface area is 206 Å². The average molecular weight is 529 g/mol. The molecule has 2 N–H and O–H groups in total. The van der Waals surface area contributed by atoms with Crippen LogP contribution in [0.4, 0.5) is 0 Å². The molecule has 4 rings (SSSR count). The first-order valence-corrected chi connectivity index (χ1v) is 11.7. The summed E-state index contributed by atoms with van der Waals surface area (Å²) in [5.74, 6) is 0.829. The molecule has 170 valence electrons. The Hall–Kier alpha value is -2.95. The topological polar surface area (TPSA) is 88.6 Å². The molecule has 1 aliphatic heterocycles. The van der Waals surface area contributed by atoms with Crippen LogP contribution in [-0.2, 0) is 11.4 Å². The fourth-order valence-corrected chi connectivity index (χ4v) is 5.13. The third-order valence-corrected chi connectivity index (χ3v) is 7.16. The highest BCUT2D eigenvalue weighted by Gasteiger charge is 2.39. The zero-order valence-corrected chi connectivity index (χ0v) is 20.7. The molecule has 6 nitrogen and oxygen atoms in total. The van der Waals surface area contributed by atoms with Crippen LogP contribution in [0.5, 0.6) is 11.5 Å². The van der Waals surface area contributed by atoms with Crippen molar-refractivity contribution in [2.75, 3.05) is 14.2 Å². The van der Waals surface area contributed by atoms with E-state index < -0.39 is 5.92 Å². The van der Waals surface area contributed by atoms with Gasteiger partial charge in [-0.05, 0) is 36.6 Å². The molecule has 2 aliphatic rings. The molecule has 0 saturated carbocycles. The molecule has 1 heterocycles. The van der Waals surface area contributed by atoms with Crippen LogP contribution in [0.3, 0.4) is 0 Å². The molecule has 2 aromatic carbocycles. The number of carbonyl (C=O) groups is 1. The Morgan fingerprint density at radius 1 is 1.27 bits per heavy atom. The van der Waals surface area contributed by atoms with Gasteiger partial charge in [-0.3, -0.25) is 4.79 Å². The molecule has 1 aliphatic carbocycles. The zero-order valence-electron chi connectivity index (χ0n) is 18.3. The summed E-state index contributed by atoms with van der Waals surface area (Å²) in [6, 6.07) is 13.3. The molecule has 0 aromatic heterocycles. The lowest BCUT2D eigenvalue weighted by Crippen LogP contribution is -2.36. The highest BCUT2D eigenvalue weighted by molar-refractivity contribution is 9.10. The van der Waals surface area contributed by atoms with Crippen LogP contribution in [0.1, 0.15) is 36.3 Å². The van der Waals surface area contributed by atoms with Crippen molar-refractivity contribution in [3.05, 3.63) is 79.7 Å². The molecule has 0 amide bonds. The van der Waals surface area contributed by atoms with Crippen molar-refractivity contribution in [2.45, 2.75) is 31.8 Å². The number of allylic oxidation sites excluding steroid dienone is 3. The van der Waals surface area contributed by atoms with Crippen LogP contribution >= 0.6 is 27.5 Å². The van der Waals surface area contributed by atoms with Gasteiger partial charge in [0.15, 0.2) is 17.3 Å². The highest BCUT2D eigenvalue weighted by atomic mass is 79.9. The predicted octanol–water partition coefficient (Wildman–Crippen LogP) is 5.42. The number of nitrogens with two attached hydrogens (primary N) is 1. The molecule has 0 radical (unpaired) electrons. The second-order valence-electron chi connectivity index (χ2n) is 7.94. The first kappa shape index (κ1) is 23.2. The van der Waals surface area contributed by atoms with E-state index in [9.17, 15) is 10.1 Å². The van der Waals surface area contributed by atoms with Crippen molar-refractivity contribution in [3.63, 3.8) is 0 Å². The van der Waals surface area contributed by atoms with Crippen LogP contribution in [-0.4, -0.2) is 24.8 Å². The smallest absolute Gasteiger partial charge is 0.162 e. The molecule has 0 bridgehead atoms. The van der Waals surface area contributed by atoms with Gasteiger partial charge < -0.3 is 20.1 Å². The SMILES string of the molecule is COc1cc([C@@H]2C(C#N)=C(N)N(C)C3=C2C(=O)CCC3)c(Br)cc1OCc1ccccc1Cl. The Morgan fingerprint density at radius 2 is 2.03 bits per heavy atom. The van der Waals surface area contributed by atoms with Gasteiger partial charge in [0.2, 0.25) is 0 Å². The standard InChI is InChI=1S/C25H23BrClN3O3/c1-30-19-8-5-9-20(31)24(19)23(16(12-28)25(30)29)15-10-21(32-2)22(11-17(15)26)33-13-14-6-3-4-7-18(14)27/h3-4,6-7,10-11,23H,5,8-9,13,29H2,1-2H3/t23-/m1/s1. The third kappa shape index (κ3) is 4.21. The number of halogens is 2. The van der Waals surface area contributed by atoms with Crippen LogP contribution in [0.2, 0.25) is 5.02 Å². The van der Waals surface area contributed by atoms with Crippen molar-refractivity contribution in [3.8, 4) is 17.6 Å². The Kier molecular flexibility index (Phi) is 6.68. The van der Waals surface area contributed by atoms with E-state index in [2.05, 4.69) is 22.0 Å². The van der Waals surface area contributed by atoms with E-state index in [1.54, 1.807) is 31.2 Å². The van der Waals surface area contributed by atoms with Gasteiger partial charge >= 0.3 is 0 Å². The molecular formula is C25H23BrClN3O3. The number of carbonyl (C=O) groups excluding carboxylic acids is 1. The third-order valence-electron chi connectivity index (χ3n) is 6.10. The van der Waals surface area contributed by atoms with Crippen LogP contribution in [0.25, 0.3) is 0 Å². The van der Waals surface area contributed by atoms with Crippen LogP contribution in [0.15, 0.2) is 63.5 Å². The molecule has 0 fully saturated rings. The minimum atomic E-state index is -0.574. The quantitative estimate of drug-likeness (QED) is 0.557. The van der Waals surface area contributed by atoms with Crippen molar-refractivity contribution in [1.29, 1.82) is 5.26 Å². The number of hydrogen-bond acceptors (Lipinski definition) is 6. The summed E-state index contributed by atoms with van der Waals surface area (Å²) in [7, 11) is 3.36. The predicted molar refractivity (Wildman–Crippen MR) is 130 cm³/mol. The summed E-state index contributed by atoms with van der Waals surface area (Å²) in [5, 5.41) is 10.6. The van der Waals surface area contributed by atoms with Gasteiger partial charge in [0.25, 0.3) is 0 Å². The highest BCUT2D eigenvalue weighted by Crippen LogP contribution is 2.48. The normalized spacial score (nSPS) is 18.2. The van der Waals surface area contributed by atoms with Gasteiger partial charge in [0, 0.05) is 39.8 Å². The fourth-order valence-electron chi connectivity index (χ4n) is 4.39. The summed E-state index contributed by atoms with van der Waals surface area (Å²) < 4.78 is 12.3. The lowest BCUT2D eigenvalue weighted by Gasteiger charge is -2.38. The summed E-state index contributed by atoms with van der Waals surface area (Å²) in [6.07, 6.45) is 1.96. The van der Waals surface area contributed by atoms with E-state index in [-0.39, 0.29) is 12.4 Å². The minimum Gasteiger partial charge on any atom is -0.493 e. The van der Waals surface area contributed by atoms with Gasteiger partial charge in [0.05, 0.1) is 24.7 Å². The molecule has 0 unspecified atom stereocenters. The molecule has 0 saturated heterocycles. The number of Topliss-reactive ketones (excluding diaryl/α,β-unsaturated/α-hetero) is 1. The van der Waals surface area contributed by atoms with Crippen molar-refractivity contribution in [1.82, 2.24) is 4.90 Å². The minimum absolute atomic E-state index is 0.0401. The average Bonchev–Trinajstić information content (AvgIpc) is 2.81. The summed E-state index contributed by atoms with van der Waals surface area (Å²) in [4.78, 5) is 14.8. The number of hydrogen-bond donors (Lipinski definition) is 1. The van der Waals surface area contributed by atoms with Gasteiger partial charge in [0.1, 0.15) is 12.4 Å². The Bertz CT molecular complexity index is 1230.